The lowest BCUT2D eigenvalue weighted by atomic mass is 9.70. The van der Waals surface area contributed by atoms with Crippen molar-refractivity contribution < 1.29 is 9.47 Å². The minimum absolute atomic E-state index is 0.101. The van der Waals surface area contributed by atoms with Crippen molar-refractivity contribution in [3.05, 3.63) is 0 Å². The van der Waals surface area contributed by atoms with E-state index in [1.54, 1.807) is 0 Å². The highest BCUT2D eigenvalue weighted by Crippen LogP contribution is 2.73. The van der Waals surface area contributed by atoms with Crippen LogP contribution in [-0.4, -0.2) is 81.3 Å². The molecule has 164 valence electrons. The zero-order chi connectivity index (χ0) is 22.2. The van der Waals surface area contributed by atoms with Gasteiger partial charge in [-0.05, 0) is 56.2 Å². The van der Waals surface area contributed by atoms with Gasteiger partial charge in [0.05, 0.1) is 5.34 Å². The second kappa shape index (κ2) is 9.17. The Morgan fingerprint density at radius 2 is 1.54 bits per heavy atom. The Hall–Kier alpha value is 0.885. The van der Waals surface area contributed by atoms with Crippen molar-refractivity contribution in [1.82, 2.24) is 0 Å². The largest absolute Gasteiger partial charge is 0.358 e. The van der Waals surface area contributed by atoms with Crippen molar-refractivity contribution in [1.29, 1.82) is 0 Å². The van der Waals surface area contributed by atoms with Crippen LogP contribution < -0.4 is 0 Å². The van der Waals surface area contributed by atoms with Crippen LogP contribution in [0.15, 0.2) is 0 Å². The Kier molecular flexibility index (Phi) is 8.82. The van der Waals surface area contributed by atoms with Gasteiger partial charge in [-0.2, -0.15) is 0 Å². The quantitative estimate of drug-likeness (QED) is 0.294. The van der Waals surface area contributed by atoms with Crippen LogP contribution in [0.3, 0.4) is 0 Å². The maximum absolute atomic E-state index is 6.77. The topological polar surface area (TPSA) is 18.5 Å². The molecule has 1 aliphatic rings. The standard InChI is InChI=1S/C22H46BO2P3/c1-13-26(9,10)16-28(12,17-27(11,14-2)15-3)22(7,8)25-19-18(4)21(5,6)20(23)24-19/h18-20H,9,11-17H2,1-8,10H3/t18-,19-,20-,26?,28?/m1/s1. The molecule has 6 heteroatoms. The maximum atomic E-state index is 6.77. The van der Waals surface area contributed by atoms with Gasteiger partial charge in [-0.1, -0.05) is 54.7 Å². The van der Waals surface area contributed by atoms with Gasteiger partial charge in [0.15, 0.2) is 6.29 Å². The molecule has 0 saturated carbocycles. The summed E-state index contributed by atoms with van der Waals surface area (Å²) in [6.45, 7) is 16.0. The first-order valence-corrected chi connectivity index (χ1v) is 18.4. The molecule has 0 aromatic heterocycles. The first-order valence-electron chi connectivity index (χ1n) is 10.7. The highest BCUT2D eigenvalue weighted by Gasteiger charge is 2.49. The Bertz CT molecular complexity index is 675. The molecule has 0 spiro atoms. The second-order valence-electron chi connectivity index (χ2n) is 10.4. The van der Waals surface area contributed by atoms with E-state index in [-0.39, 0.29) is 29.0 Å². The SMILES string of the molecule is [B][C@@H]1O[C@H](OC(C)(C)P(=C)(CP(=C)(C)CC)CP(=C)(CC)CC)[C@@H](C)C1(C)C. The molecule has 2 unspecified atom stereocenters. The number of ether oxygens (including phenoxy) is 2. The predicted molar refractivity (Wildman–Crippen MR) is 142 cm³/mol. The first kappa shape index (κ1) is 26.9. The van der Waals surface area contributed by atoms with Crippen LogP contribution in [0, 0.1) is 11.3 Å². The van der Waals surface area contributed by atoms with Gasteiger partial charge in [-0.25, -0.2) is 0 Å². The Morgan fingerprint density at radius 1 is 1.04 bits per heavy atom. The van der Waals surface area contributed by atoms with E-state index < -0.39 is 20.7 Å². The van der Waals surface area contributed by atoms with Crippen molar-refractivity contribution in [3.8, 4) is 0 Å². The van der Waals surface area contributed by atoms with Gasteiger partial charge in [0.2, 0.25) is 0 Å². The molecule has 28 heavy (non-hydrogen) atoms. The monoisotopic (exact) mass is 446 g/mol. The molecule has 1 heterocycles. The summed E-state index contributed by atoms with van der Waals surface area (Å²) in [7, 11) is 6.27. The number of hydrogen-bond donors (Lipinski definition) is 0. The molecule has 1 saturated heterocycles. The average molecular weight is 446 g/mol. The van der Waals surface area contributed by atoms with Crippen LogP contribution in [-0.2, 0) is 9.47 Å². The fourth-order valence-electron chi connectivity index (χ4n) is 3.71. The van der Waals surface area contributed by atoms with E-state index in [0.717, 1.165) is 18.0 Å². The van der Waals surface area contributed by atoms with E-state index in [1.807, 2.05) is 0 Å². The summed E-state index contributed by atoms with van der Waals surface area (Å²) in [4.78, 5) is 0. The van der Waals surface area contributed by atoms with Gasteiger partial charge >= 0.3 is 0 Å². The third-order valence-electron chi connectivity index (χ3n) is 7.43. The molecule has 1 fully saturated rings. The molecule has 0 amide bonds. The van der Waals surface area contributed by atoms with Crippen molar-refractivity contribution in [2.45, 2.75) is 73.0 Å². The average Bonchev–Trinajstić information content (AvgIpc) is 2.76. The molecule has 2 nitrogen and oxygen atoms in total. The summed E-state index contributed by atoms with van der Waals surface area (Å²) in [5.41, 5.74) is -0.101. The Balaban J connectivity index is 3.29. The summed E-state index contributed by atoms with van der Waals surface area (Å²) in [5, 5.41) is -0.340. The van der Waals surface area contributed by atoms with E-state index in [1.165, 1.54) is 12.3 Å². The summed E-state index contributed by atoms with van der Waals surface area (Å²) < 4.78 is 12.9. The van der Waals surface area contributed by atoms with Crippen LogP contribution in [0.4, 0.5) is 0 Å². The summed E-state index contributed by atoms with van der Waals surface area (Å²) in [6, 6.07) is -0.298. The molecule has 1 aliphatic heterocycles. The third kappa shape index (κ3) is 5.77. The second-order valence-corrected chi connectivity index (χ2v) is 23.9. The van der Waals surface area contributed by atoms with E-state index in [0.29, 0.717) is 0 Å². The fraction of sp³-hybridized carbons (Fsp3) is 0.864. The van der Waals surface area contributed by atoms with Gasteiger partial charge in [0, 0.05) is 11.9 Å². The van der Waals surface area contributed by atoms with Gasteiger partial charge in [-0.15, -0.1) is 26.4 Å². The molecule has 0 N–H and O–H groups in total. The summed E-state index contributed by atoms with van der Waals surface area (Å²) >= 11 is 0. The number of rotatable bonds is 10. The Labute approximate surface area is 178 Å². The molecule has 0 aromatic rings. The van der Waals surface area contributed by atoms with Gasteiger partial charge in [0.25, 0.3) is 0 Å². The van der Waals surface area contributed by atoms with Crippen LogP contribution in [0.5, 0.6) is 0 Å². The summed E-state index contributed by atoms with van der Waals surface area (Å²) in [5.74, 6) is 2.50. The minimum Gasteiger partial charge on any atom is -0.358 e. The van der Waals surface area contributed by atoms with Crippen molar-refractivity contribution >= 4 is 47.4 Å². The minimum atomic E-state index is -1.72. The van der Waals surface area contributed by atoms with E-state index in [4.69, 9.17) is 29.9 Å². The molecule has 0 bridgehead atoms. The first-order chi connectivity index (χ1) is 12.5. The molecule has 0 aromatic carbocycles. The van der Waals surface area contributed by atoms with Crippen molar-refractivity contribution in [3.63, 3.8) is 0 Å². The fourth-order valence-corrected chi connectivity index (χ4v) is 20.6. The van der Waals surface area contributed by atoms with Crippen LogP contribution in [0.2, 0.25) is 0 Å². The maximum Gasteiger partial charge on any atom is 0.161 e. The zero-order valence-electron chi connectivity index (χ0n) is 20.1. The van der Waals surface area contributed by atoms with E-state index in [9.17, 15) is 0 Å². The zero-order valence-corrected chi connectivity index (χ0v) is 22.8. The molecular formula is C22H46BO2P3. The third-order valence-corrected chi connectivity index (χ3v) is 23.5. The molecular weight excluding hydrogens is 400 g/mol. The van der Waals surface area contributed by atoms with Crippen LogP contribution in [0.25, 0.3) is 0 Å². The van der Waals surface area contributed by atoms with Gasteiger partial charge in [-0.3, -0.25) is 0 Å². The molecule has 5 atom stereocenters. The summed E-state index contributed by atoms with van der Waals surface area (Å²) in [6.07, 6.45) is 17.5. The normalized spacial score (nSPS) is 30.0. The molecule has 0 aliphatic carbocycles. The van der Waals surface area contributed by atoms with Gasteiger partial charge in [0.1, 0.15) is 7.85 Å². The lowest BCUT2D eigenvalue weighted by Crippen LogP contribution is -2.36. The molecule has 1 rings (SSSR count). The highest BCUT2D eigenvalue weighted by atomic mass is 31.2. The highest BCUT2D eigenvalue weighted by molar-refractivity contribution is 7.96. The van der Waals surface area contributed by atoms with Crippen molar-refractivity contribution in [2.75, 3.05) is 37.0 Å². The lowest BCUT2D eigenvalue weighted by molar-refractivity contribution is -0.169. The number of hydrogen-bond acceptors (Lipinski definition) is 2. The van der Waals surface area contributed by atoms with E-state index in [2.05, 4.69) is 68.4 Å². The molecule has 2 radical (unpaired) electrons. The van der Waals surface area contributed by atoms with Crippen molar-refractivity contribution in [2.24, 2.45) is 11.3 Å². The van der Waals surface area contributed by atoms with E-state index >= 15 is 0 Å². The lowest BCUT2D eigenvalue weighted by Gasteiger charge is -2.47. The van der Waals surface area contributed by atoms with Crippen LogP contribution >= 0.6 is 20.7 Å². The van der Waals surface area contributed by atoms with Crippen LogP contribution in [0.1, 0.15) is 55.4 Å². The predicted octanol–water partition coefficient (Wildman–Crippen LogP) is 6.21. The Morgan fingerprint density at radius 3 is 1.89 bits per heavy atom. The van der Waals surface area contributed by atoms with Gasteiger partial charge < -0.3 is 9.47 Å². The smallest absolute Gasteiger partial charge is 0.161 e.